The minimum absolute atomic E-state index is 0. The standard InChI is InChI=1S/C7H14N2O4.2Na/c1-3-8(2)4-5-9(6(10)11)7(12)13;;/h3-5H2,1-2H3,(H,10,11)(H,12,13);;. The molecular weight excluding hydrogens is 222 g/mol. The van der Waals surface area contributed by atoms with Crippen molar-refractivity contribution >= 4 is 71.3 Å². The number of rotatable bonds is 4. The van der Waals surface area contributed by atoms with Crippen LogP contribution in [0.15, 0.2) is 0 Å². The molecule has 0 bridgehead atoms. The van der Waals surface area contributed by atoms with E-state index in [0.29, 0.717) is 11.4 Å². The molecule has 0 atom stereocenters. The van der Waals surface area contributed by atoms with Gasteiger partial charge in [-0.05, 0) is 13.6 Å². The van der Waals surface area contributed by atoms with Gasteiger partial charge in [0.2, 0.25) is 0 Å². The molecule has 0 aliphatic carbocycles. The second-order valence-electron chi connectivity index (χ2n) is 2.61. The molecule has 0 fully saturated rings. The number of nitrogens with zero attached hydrogens (tertiary/aromatic N) is 2. The van der Waals surface area contributed by atoms with Gasteiger partial charge in [-0.3, -0.25) is 0 Å². The van der Waals surface area contributed by atoms with Crippen LogP contribution in [-0.4, -0.2) is 118 Å². The van der Waals surface area contributed by atoms with E-state index in [0.717, 1.165) is 6.54 Å². The molecule has 0 aromatic rings. The first kappa shape index (κ1) is 21.0. The van der Waals surface area contributed by atoms with Crippen molar-refractivity contribution in [1.82, 2.24) is 9.80 Å². The van der Waals surface area contributed by atoms with Gasteiger partial charge < -0.3 is 15.1 Å². The topological polar surface area (TPSA) is 81.1 Å². The van der Waals surface area contributed by atoms with E-state index >= 15 is 0 Å². The SMILES string of the molecule is CCN(C)CCN(C(=O)O)C(=O)O.[Na].[Na]. The van der Waals surface area contributed by atoms with Crippen LogP contribution in [0.4, 0.5) is 9.59 Å². The number of hydrogen-bond acceptors (Lipinski definition) is 3. The van der Waals surface area contributed by atoms with Crippen LogP contribution in [0.25, 0.3) is 0 Å². The van der Waals surface area contributed by atoms with Gasteiger partial charge in [0.1, 0.15) is 0 Å². The maximum Gasteiger partial charge on any atom is 0.416 e. The van der Waals surface area contributed by atoms with Gasteiger partial charge in [0.15, 0.2) is 0 Å². The molecule has 0 unspecified atom stereocenters. The van der Waals surface area contributed by atoms with Crippen LogP contribution in [0.1, 0.15) is 6.92 Å². The van der Waals surface area contributed by atoms with E-state index < -0.39 is 12.2 Å². The van der Waals surface area contributed by atoms with Gasteiger partial charge in [-0.2, -0.15) is 0 Å². The Hall–Kier alpha value is 0.700. The summed E-state index contributed by atoms with van der Waals surface area (Å²) in [6, 6.07) is 0. The maximum atomic E-state index is 10.4. The molecule has 2 amide bonds. The van der Waals surface area contributed by atoms with Crippen LogP contribution < -0.4 is 0 Å². The van der Waals surface area contributed by atoms with Crippen LogP contribution >= 0.6 is 0 Å². The molecule has 0 aliphatic heterocycles. The van der Waals surface area contributed by atoms with Gasteiger partial charge in [-0.1, -0.05) is 6.92 Å². The van der Waals surface area contributed by atoms with Crippen molar-refractivity contribution in [3.63, 3.8) is 0 Å². The fraction of sp³-hybridized carbons (Fsp3) is 0.714. The Morgan fingerprint density at radius 3 is 1.73 bits per heavy atom. The summed E-state index contributed by atoms with van der Waals surface area (Å²) in [4.78, 5) is 22.9. The molecule has 0 heterocycles. The predicted molar refractivity (Wildman–Crippen MR) is 57.4 cm³/mol. The van der Waals surface area contributed by atoms with Crippen molar-refractivity contribution in [2.24, 2.45) is 0 Å². The van der Waals surface area contributed by atoms with Gasteiger partial charge in [-0.15, -0.1) is 0 Å². The maximum absolute atomic E-state index is 10.4. The first-order chi connectivity index (χ1) is 5.99. The Bertz CT molecular complexity index is 189. The van der Waals surface area contributed by atoms with Crippen molar-refractivity contribution in [2.75, 3.05) is 26.7 Å². The van der Waals surface area contributed by atoms with Crippen LogP contribution in [0.2, 0.25) is 0 Å². The molecule has 2 radical (unpaired) electrons. The van der Waals surface area contributed by atoms with E-state index in [1.807, 2.05) is 11.8 Å². The largest absolute Gasteiger partial charge is 0.465 e. The Labute approximate surface area is 133 Å². The van der Waals surface area contributed by atoms with E-state index in [2.05, 4.69) is 0 Å². The third-order valence-electron chi connectivity index (χ3n) is 1.71. The third-order valence-corrected chi connectivity index (χ3v) is 1.71. The summed E-state index contributed by atoms with van der Waals surface area (Å²) in [6.07, 6.45) is -2.87. The number of amides is 2. The molecule has 15 heavy (non-hydrogen) atoms. The molecular formula is C7H14N2Na2O4. The zero-order valence-corrected chi connectivity index (χ0v) is 13.7. The van der Waals surface area contributed by atoms with E-state index in [1.165, 1.54) is 0 Å². The van der Waals surface area contributed by atoms with E-state index in [4.69, 9.17) is 10.2 Å². The van der Waals surface area contributed by atoms with Crippen molar-refractivity contribution in [1.29, 1.82) is 0 Å². The average molecular weight is 236 g/mol. The zero-order chi connectivity index (χ0) is 10.4. The number of likely N-dealkylation sites (N-methyl/N-ethyl adjacent to an activating group) is 1. The molecule has 0 rings (SSSR count). The fourth-order valence-corrected chi connectivity index (χ4v) is 0.702. The van der Waals surface area contributed by atoms with Crippen LogP contribution in [0.5, 0.6) is 0 Å². The molecule has 0 saturated heterocycles. The molecule has 0 aromatic carbocycles. The van der Waals surface area contributed by atoms with Crippen molar-refractivity contribution in [2.45, 2.75) is 6.92 Å². The molecule has 0 aliphatic rings. The zero-order valence-electron chi connectivity index (χ0n) is 9.73. The summed E-state index contributed by atoms with van der Waals surface area (Å²) in [7, 11) is 1.79. The molecule has 0 saturated carbocycles. The monoisotopic (exact) mass is 236 g/mol. The summed E-state index contributed by atoms with van der Waals surface area (Å²) >= 11 is 0. The Balaban J connectivity index is -0.000000720. The average Bonchev–Trinajstić information content (AvgIpc) is 2.03. The molecule has 6 nitrogen and oxygen atoms in total. The normalized spacial score (nSPS) is 8.73. The number of carboxylic acid groups (broad SMARTS) is 2. The number of imide groups is 1. The minimum atomic E-state index is -1.43. The summed E-state index contributed by atoms with van der Waals surface area (Å²) < 4.78 is 0. The van der Waals surface area contributed by atoms with Gasteiger partial charge in [0.05, 0.1) is 0 Å². The van der Waals surface area contributed by atoms with Crippen LogP contribution in [0.3, 0.4) is 0 Å². The van der Waals surface area contributed by atoms with Crippen LogP contribution in [0, 0.1) is 0 Å². The van der Waals surface area contributed by atoms with Crippen molar-refractivity contribution < 1.29 is 19.8 Å². The Morgan fingerprint density at radius 1 is 1.07 bits per heavy atom. The first-order valence-corrected chi connectivity index (χ1v) is 3.91. The van der Waals surface area contributed by atoms with Crippen molar-refractivity contribution in [3.8, 4) is 0 Å². The Kier molecular flexibility index (Phi) is 15.7. The first-order valence-electron chi connectivity index (χ1n) is 3.91. The molecule has 8 heteroatoms. The molecule has 78 valence electrons. The predicted octanol–water partition coefficient (Wildman–Crippen LogP) is -0.165. The number of hydrogen-bond donors (Lipinski definition) is 2. The molecule has 0 aromatic heterocycles. The van der Waals surface area contributed by atoms with Gasteiger partial charge in [0.25, 0.3) is 0 Å². The fourth-order valence-electron chi connectivity index (χ4n) is 0.702. The van der Waals surface area contributed by atoms with E-state index in [1.54, 1.807) is 7.05 Å². The summed E-state index contributed by atoms with van der Waals surface area (Å²) in [5, 5.41) is 16.9. The van der Waals surface area contributed by atoms with E-state index in [-0.39, 0.29) is 65.7 Å². The quantitative estimate of drug-likeness (QED) is 0.662. The third kappa shape index (κ3) is 9.62. The van der Waals surface area contributed by atoms with Gasteiger partial charge >= 0.3 is 12.2 Å². The minimum Gasteiger partial charge on any atom is -0.465 e. The molecule has 2 N–H and O–H groups in total. The summed E-state index contributed by atoms with van der Waals surface area (Å²) in [6.45, 7) is 3.06. The second-order valence-corrected chi connectivity index (χ2v) is 2.61. The second kappa shape index (κ2) is 11.2. The van der Waals surface area contributed by atoms with E-state index in [9.17, 15) is 9.59 Å². The number of carbonyl (C=O) groups is 2. The van der Waals surface area contributed by atoms with Gasteiger partial charge in [0, 0.05) is 72.2 Å². The van der Waals surface area contributed by atoms with Gasteiger partial charge in [-0.25, -0.2) is 14.5 Å². The molecule has 0 spiro atoms. The van der Waals surface area contributed by atoms with Crippen molar-refractivity contribution in [3.05, 3.63) is 0 Å². The Morgan fingerprint density at radius 2 is 1.47 bits per heavy atom. The van der Waals surface area contributed by atoms with Crippen LogP contribution in [-0.2, 0) is 0 Å². The summed E-state index contributed by atoms with van der Waals surface area (Å²) in [5.41, 5.74) is 0. The summed E-state index contributed by atoms with van der Waals surface area (Å²) in [5.74, 6) is 0. The smallest absolute Gasteiger partial charge is 0.416 e.